The predicted molar refractivity (Wildman–Crippen MR) is 101 cm³/mol. The molecule has 1 amide bonds. The van der Waals surface area contributed by atoms with Gasteiger partial charge in [-0.25, -0.2) is 0 Å². The van der Waals surface area contributed by atoms with Crippen LogP contribution in [0, 0.1) is 0 Å². The van der Waals surface area contributed by atoms with E-state index in [0.717, 1.165) is 44.1 Å². The van der Waals surface area contributed by atoms with Gasteiger partial charge in [0.1, 0.15) is 5.72 Å². The number of aromatic nitrogens is 1. The Labute approximate surface area is 159 Å². The fraction of sp³-hybridized carbons (Fsp3) is 0.545. The van der Waals surface area contributed by atoms with Gasteiger partial charge in [0.2, 0.25) is 0 Å². The zero-order chi connectivity index (χ0) is 18.3. The van der Waals surface area contributed by atoms with E-state index in [0.29, 0.717) is 24.6 Å². The van der Waals surface area contributed by atoms with Crippen LogP contribution >= 0.6 is 0 Å². The van der Waals surface area contributed by atoms with Crippen molar-refractivity contribution in [1.82, 2.24) is 10.1 Å². The molecule has 5 nitrogen and oxygen atoms in total. The van der Waals surface area contributed by atoms with Crippen molar-refractivity contribution < 1.29 is 14.1 Å². The van der Waals surface area contributed by atoms with Crippen molar-refractivity contribution >= 4 is 5.91 Å². The lowest BCUT2D eigenvalue weighted by Crippen LogP contribution is -2.49. The quantitative estimate of drug-likeness (QED) is 0.793. The SMILES string of the molecule is O=C(c1cc(-c2ccc3c(c2)CCCC3)on1)N1CCOC12CCCCC2. The number of carbonyl (C=O) groups excluding carboxylic acids is 1. The largest absolute Gasteiger partial charge is 0.355 e. The first kappa shape index (κ1) is 17.0. The Bertz CT molecular complexity index is 851. The molecule has 142 valence electrons. The highest BCUT2D eigenvalue weighted by Crippen LogP contribution is 2.39. The molecule has 1 aromatic heterocycles. The lowest BCUT2D eigenvalue weighted by molar-refractivity contribution is -0.0921. The standard InChI is InChI=1S/C22H26N2O3/c25-21(24-12-13-26-22(24)10-4-1-5-11-22)19-15-20(27-23-19)18-9-8-16-6-2-3-7-17(16)14-18/h8-9,14-15H,1-7,10-13H2. The molecule has 2 heterocycles. The minimum Gasteiger partial charge on any atom is -0.355 e. The van der Waals surface area contributed by atoms with E-state index in [1.807, 2.05) is 4.90 Å². The van der Waals surface area contributed by atoms with E-state index < -0.39 is 5.72 Å². The van der Waals surface area contributed by atoms with E-state index in [1.165, 1.54) is 30.4 Å². The highest BCUT2D eigenvalue weighted by atomic mass is 16.5. The predicted octanol–water partition coefficient (Wildman–Crippen LogP) is 4.35. The van der Waals surface area contributed by atoms with Gasteiger partial charge in [-0.15, -0.1) is 0 Å². The average molecular weight is 366 g/mol. The topological polar surface area (TPSA) is 55.6 Å². The van der Waals surface area contributed by atoms with E-state index in [4.69, 9.17) is 9.26 Å². The van der Waals surface area contributed by atoms with Gasteiger partial charge in [0.25, 0.3) is 5.91 Å². The first-order chi connectivity index (χ1) is 13.3. The monoisotopic (exact) mass is 366 g/mol. The number of amides is 1. The maximum Gasteiger partial charge on any atom is 0.278 e. The van der Waals surface area contributed by atoms with Crippen LogP contribution in [0.3, 0.4) is 0 Å². The molecule has 2 aliphatic carbocycles. The summed E-state index contributed by atoms with van der Waals surface area (Å²) in [5, 5.41) is 4.11. The van der Waals surface area contributed by atoms with Gasteiger partial charge in [0.05, 0.1) is 6.61 Å². The van der Waals surface area contributed by atoms with Gasteiger partial charge in [0, 0.05) is 18.2 Å². The Kier molecular flexibility index (Phi) is 4.27. The van der Waals surface area contributed by atoms with Crippen molar-refractivity contribution in [2.75, 3.05) is 13.2 Å². The van der Waals surface area contributed by atoms with E-state index in [-0.39, 0.29) is 5.91 Å². The molecule has 0 atom stereocenters. The molecule has 0 unspecified atom stereocenters. The Hall–Kier alpha value is -2.14. The second-order valence-electron chi connectivity index (χ2n) is 8.08. The van der Waals surface area contributed by atoms with Gasteiger partial charge in [-0.1, -0.05) is 23.7 Å². The summed E-state index contributed by atoms with van der Waals surface area (Å²) in [7, 11) is 0. The van der Waals surface area contributed by atoms with Crippen molar-refractivity contribution in [3.63, 3.8) is 0 Å². The zero-order valence-corrected chi connectivity index (χ0v) is 15.7. The Balaban J connectivity index is 1.39. The van der Waals surface area contributed by atoms with Gasteiger partial charge >= 0.3 is 0 Å². The smallest absolute Gasteiger partial charge is 0.278 e. The number of benzene rings is 1. The van der Waals surface area contributed by atoms with E-state index >= 15 is 0 Å². The van der Waals surface area contributed by atoms with Crippen molar-refractivity contribution in [3.05, 3.63) is 41.1 Å². The first-order valence-corrected chi connectivity index (χ1v) is 10.3. The molecule has 1 saturated heterocycles. The number of aryl methyl sites for hydroxylation is 2. The van der Waals surface area contributed by atoms with Crippen LogP contribution in [0.15, 0.2) is 28.8 Å². The molecule has 5 rings (SSSR count). The molecular weight excluding hydrogens is 340 g/mol. The minimum atomic E-state index is -0.416. The lowest BCUT2D eigenvalue weighted by Gasteiger charge is -2.39. The summed E-state index contributed by atoms with van der Waals surface area (Å²) in [4.78, 5) is 15.0. The molecule has 1 aliphatic heterocycles. The minimum absolute atomic E-state index is 0.0673. The van der Waals surface area contributed by atoms with Crippen LogP contribution in [0.1, 0.15) is 66.6 Å². The third-order valence-corrected chi connectivity index (χ3v) is 6.42. The fourth-order valence-corrected chi connectivity index (χ4v) is 4.95. The number of rotatable bonds is 2. The third kappa shape index (κ3) is 2.98. The van der Waals surface area contributed by atoms with Gasteiger partial charge < -0.3 is 14.2 Å². The van der Waals surface area contributed by atoms with Crippen LogP contribution in [-0.2, 0) is 17.6 Å². The van der Waals surface area contributed by atoms with E-state index in [1.54, 1.807) is 6.07 Å². The van der Waals surface area contributed by atoms with Crippen molar-refractivity contribution in [2.24, 2.45) is 0 Å². The van der Waals surface area contributed by atoms with Crippen LogP contribution in [-0.4, -0.2) is 34.8 Å². The normalized spacial score (nSPS) is 21.4. The Morgan fingerprint density at radius 2 is 1.81 bits per heavy atom. The number of nitrogens with zero attached hydrogens (tertiary/aromatic N) is 2. The van der Waals surface area contributed by atoms with Gasteiger partial charge in [-0.2, -0.15) is 0 Å². The van der Waals surface area contributed by atoms with Gasteiger partial charge in [-0.3, -0.25) is 4.79 Å². The maximum atomic E-state index is 13.1. The average Bonchev–Trinajstić information content (AvgIpc) is 3.36. The molecule has 5 heteroatoms. The molecule has 0 radical (unpaired) electrons. The summed E-state index contributed by atoms with van der Waals surface area (Å²) in [6, 6.07) is 8.27. The number of fused-ring (bicyclic) bond motifs is 1. The Morgan fingerprint density at radius 1 is 1.00 bits per heavy atom. The summed E-state index contributed by atoms with van der Waals surface area (Å²) >= 11 is 0. The van der Waals surface area contributed by atoms with Crippen molar-refractivity contribution in [3.8, 4) is 11.3 Å². The zero-order valence-electron chi connectivity index (χ0n) is 15.7. The summed E-state index contributed by atoms with van der Waals surface area (Å²) in [6.07, 6.45) is 10.1. The second-order valence-corrected chi connectivity index (χ2v) is 8.08. The lowest BCUT2D eigenvalue weighted by atomic mass is 9.90. The fourth-order valence-electron chi connectivity index (χ4n) is 4.95. The number of carbonyl (C=O) groups is 1. The second kappa shape index (κ2) is 6.79. The number of ether oxygens (including phenoxy) is 1. The maximum absolute atomic E-state index is 13.1. The molecule has 1 saturated carbocycles. The highest BCUT2D eigenvalue weighted by Gasteiger charge is 2.46. The molecular formula is C22H26N2O3. The van der Waals surface area contributed by atoms with Crippen LogP contribution in [0.5, 0.6) is 0 Å². The molecule has 1 spiro atoms. The van der Waals surface area contributed by atoms with Gasteiger partial charge in [-0.05, 0) is 68.6 Å². The van der Waals surface area contributed by atoms with Crippen molar-refractivity contribution in [2.45, 2.75) is 63.5 Å². The van der Waals surface area contributed by atoms with Crippen molar-refractivity contribution in [1.29, 1.82) is 0 Å². The molecule has 0 N–H and O–H groups in total. The number of hydrogen-bond donors (Lipinski definition) is 0. The van der Waals surface area contributed by atoms with Crippen LogP contribution in [0.2, 0.25) is 0 Å². The highest BCUT2D eigenvalue weighted by molar-refractivity contribution is 5.93. The van der Waals surface area contributed by atoms with Crippen LogP contribution in [0.4, 0.5) is 0 Å². The summed E-state index contributed by atoms with van der Waals surface area (Å²) in [6.45, 7) is 1.25. The third-order valence-electron chi connectivity index (χ3n) is 6.42. The summed E-state index contributed by atoms with van der Waals surface area (Å²) < 4.78 is 11.6. The molecule has 2 fully saturated rings. The molecule has 0 bridgehead atoms. The first-order valence-electron chi connectivity index (χ1n) is 10.3. The summed E-state index contributed by atoms with van der Waals surface area (Å²) in [5.41, 5.74) is 3.82. The van der Waals surface area contributed by atoms with Crippen LogP contribution < -0.4 is 0 Å². The number of hydrogen-bond acceptors (Lipinski definition) is 4. The molecule has 3 aliphatic rings. The summed E-state index contributed by atoms with van der Waals surface area (Å²) in [5.74, 6) is 0.604. The van der Waals surface area contributed by atoms with E-state index in [9.17, 15) is 4.79 Å². The molecule has 27 heavy (non-hydrogen) atoms. The van der Waals surface area contributed by atoms with Crippen LogP contribution in [0.25, 0.3) is 11.3 Å². The molecule has 1 aromatic carbocycles. The van der Waals surface area contributed by atoms with Gasteiger partial charge in [0.15, 0.2) is 11.5 Å². The Morgan fingerprint density at radius 3 is 2.67 bits per heavy atom. The molecule has 2 aromatic rings. The van der Waals surface area contributed by atoms with E-state index in [2.05, 4.69) is 23.4 Å².